The molecule has 0 aromatic heterocycles. The smallest absolute Gasteiger partial charge is 0.312 e. The Hall–Kier alpha value is -2.82. The Morgan fingerprint density at radius 2 is 1.83 bits per heavy atom. The molecule has 0 spiro atoms. The third-order valence-electron chi connectivity index (χ3n) is 4.78. The molecule has 1 saturated heterocycles. The Bertz CT molecular complexity index is 1030. The molecule has 0 bridgehead atoms. The summed E-state index contributed by atoms with van der Waals surface area (Å²) in [5, 5.41) is 11.5. The van der Waals surface area contributed by atoms with Gasteiger partial charge in [0.1, 0.15) is 0 Å². The molecule has 0 N–H and O–H groups in total. The fourth-order valence-corrected chi connectivity index (χ4v) is 4.44. The van der Waals surface area contributed by atoms with Crippen molar-refractivity contribution < 1.29 is 27.6 Å². The summed E-state index contributed by atoms with van der Waals surface area (Å²) < 4.78 is 37.2. The molecule has 3 rings (SSSR count). The van der Waals surface area contributed by atoms with Gasteiger partial charge in [0.15, 0.2) is 18.1 Å². The van der Waals surface area contributed by atoms with E-state index in [9.17, 15) is 23.3 Å². The number of Topliss-reactive ketones (excluding diaryl/α,β-unsaturated/α-hetero) is 1. The summed E-state index contributed by atoms with van der Waals surface area (Å²) in [5.74, 6) is -0.503. The van der Waals surface area contributed by atoms with Crippen molar-refractivity contribution in [3.05, 3.63) is 63.7 Å². The van der Waals surface area contributed by atoms with Gasteiger partial charge in [-0.2, -0.15) is 4.31 Å². The first-order chi connectivity index (χ1) is 14.3. The Labute approximate surface area is 174 Å². The number of nitro groups is 1. The van der Waals surface area contributed by atoms with Gasteiger partial charge in [0.2, 0.25) is 10.0 Å². The highest BCUT2D eigenvalue weighted by atomic mass is 32.2. The number of hydrogen-bond donors (Lipinski definition) is 0. The van der Waals surface area contributed by atoms with Gasteiger partial charge in [-0.15, -0.1) is 0 Å². The molecule has 0 radical (unpaired) electrons. The largest absolute Gasteiger partial charge is 0.478 e. The van der Waals surface area contributed by atoms with Crippen molar-refractivity contribution in [3.8, 4) is 5.75 Å². The SMILES string of the molecule is CCc1ccc(C(=O)COc2ccc(S(=O)(=O)N3CCOCC3)cc2[N+](=O)[O-])cc1. The summed E-state index contributed by atoms with van der Waals surface area (Å²) in [4.78, 5) is 22.9. The quantitative estimate of drug-likeness (QED) is 0.356. The van der Waals surface area contributed by atoms with E-state index in [2.05, 4.69) is 0 Å². The normalized spacial score (nSPS) is 15.0. The maximum absolute atomic E-state index is 12.7. The van der Waals surface area contributed by atoms with Gasteiger partial charge in [-0.1, -0.05) is 31.2 Å². The number of nitro benzene ring substituents is 1. The van der Waals surface area contributed by atoms with Crippen molar-refractivity contribution in [1.82, 2.24) is 4.31 Å². The summed E-state index contributed by atoms with van der Waals surface area (Å²) in [5.41, 5.74) is 1.00. The lowest BCUT2D eigenvalue weighted by molar-refractivity contribution is -0.386. The minimum absolute atomic E-state index is 0.167. The van der Waals surface area contributed by atoms with Gasteiger partial charge in [-0.25, -0.2) is 8.42 Å². The number of ketones is 1. The summed E-state index contributed by atoms with van der Waals surface area (Å²) >= 11 is 0. The molecule has 1 heterocycles. The van der Waals surface area contributed by atoms with Crippen LogP contribution in [0.5, 0.6) is 5.75 Å². The molecule has 10 heteroatoms. The highest BCUT2D eigenvalue weighted by Crippen LogP contribution is 2.31. The van der Waals surface area contributed by atoms with Gasteiger partial charge in [0.05, 0.1) is 23.0 Å². The van der Waals surface area contributed by atoms with E-state index < -0.39 is 27.2 Å². The van der Waals surface area contributed by atoms with Gasteiger partial charge in [-0.05, 0) is 24.1 Å². The molecule has 160 valence electrons. The van der Waals surface area contributed by atoms with Crippen LogP contribution < -0.4 is 4.74 Å². The number of sulfonamides is 1. The van der Waals surface area contributed by atoms with Crippen LogP contribution in [-0.4, -0.2) is 56.3 Å². The van der Waals surface area contributed by atoms with Crippen molar-refractivity contribution in [3.63, 3.8) is 0 Å². The van der Waals surface area contributed by atoms with Crippen molar-refractivity contribution in [2.75, 3.05) is 32.9 Å². The number of carbonyl (C=O) groups is 1. The Kier molecular flexibility index (Phi) is 6.80. The average Bonchev–Trinajstić information content (AvgIpc) is 2.77. The van der Waals surface area contributed by atoms with E-state index in [-0.39, 0.29) is 42.7 Å². The fourth-order valence-electron chi connectivity index (χ4n) is 3.01. The Morgan fingerprint density at radius 1 is 1.17 bits per heavy atom. The summed E-state index contributed by atoms with van der Waals surface area (Å²) in [6.07, 6.45) is 0.844. The number of nitrogens with zero attached hydrogens (tertiary/aromatic N) is 2. The van der Waals surface area contributed by atoms with Crippen LogP contribution in [0.25, 0.3) is 0 Å². The molecule has 2 aromatic rings. The van der Waals surface area contributed by atoms with Gasteiger partial charge in [0.25, 0.3) is 0 Å². The Balaban J connectivity index is 1.78. The molecule has 9 nitrogen and oxygen atoms in total. The molecule has 0 atom stereocenters. The predicted molar refractivity (Wildman–Crippen MR) is 108 cm³/mol. The third-order valence-corrected chi connectivity index (χ3v) is 6.67. The van der Waals surface area contributed by atoms with E-state index in [1.807, 2.05) is 19.1 Å². The lowest BCUT2D eigenvalue weighted by Gasteiger charge is -2.26. The monoisotopic (exact) mass is 434 g/mol. The molecule has 1 fully saturated rings. The van der Waals surface area contributed by atoms with Crippen LogP contribution in [0.15, 0.2) is 47.4 Å². The number of rotatable bonds is 8. The number of ether oxygens (including phenoxy) is 2. The fraction of sp³-hybridized carbons (Fsp3) is 0.350. The number of aryl methyl sites for hydroxylation is 1. The van der Waals surface area contributed by atoms with E-state index in [0.717, 1.165) is 18.1 Å². The lowest BCUT2D eigenvalue weighted by atomic mass is 10.1. The second-order valence-corrected chi connectivity index (χ2v) is 8.60. The maximum atomic E-state index is 12.7. The van der Waals surface area contributed by atoms with E-state index >= 15 is 0 Å². The van der Waals surface area contributed by atoms with Gasteiger partial charge in [0, 0.05) is 24.7 Å². The third kappa shape index (κ3) is 4.84. The molecule has 1 aliphatic heterocycles. The molecule has 30 heavy (non-hydrogen) atoms. The van der Waals surface area contributed by atoms with Crippen molar-refractivity contribution in [1.29, 1.82) is 0 Å². The zero-order valence-corrected chi connectivity index (χ0v) is 17.3. The summed E-state index contributed by atoms with van der Waals surface area (Å²) in [6, 6.07) is 10.4. The summed E-state index contributed by atoms with van der Waals surface area (Å²) in [7, 11) is -3.89. The first-order valence-corrected chi connectivity index (χ1v) is 10.9. The Morgan fingerprint density at radius 3 is 2.43 bits per heavy atom. The highest BCUT2D eigenvalue weighted by molar-refractivity contribution is 7.89. The van der Waals surface area contributed by atoms with Crippen LogP contribution in [0.3, 0.4) is 0 Å². The average molecular weight is 434 g/mol. The molecule has 0 saturated carbocycles. The van der Waals surface area contributed by atoms with Crippen LogP contribution in [0.1, 0.15) is 22.8 Å². The topological polar surface area (TPSA) is 116 Å². The van der Waals surface area contributed by atoms with E-state index in [1.165, 1.54) is 16.4 Å². The first kappa shape index (κ1) is 21.9. The lowest BCUT2D eigenvalue weighted by Crippen LogP contribution is -2.40. The van der Waals surface area contributed by atoms with Gasteiger partial charge < -0.3 is 9.47 Å². The van der Waals surface area contributed by atoms with Crippen LogP contribution in [0.2, 0.25) is 0 Å². The standard InChI is InChI=1S/C20H22N2O7S/c1-2-15-3-5-16(6-4-15)19(23)14-29-20-8-7-17(13-18(20)22(24)25)30(26,27)21-9-11-28-12-10-21/h3-8,13H,2,9-12,14H2,1H3. The predicted octanol–water partition coefficient (Wildman–Crippen LogP) is 2.44. The molecular weight excluding hydrogens is 412 g/mol. The second-order valence-electron chi connectivity index (χ2n) is 6.67. The highest BCUT2D eigenvalue weighted by Gasteiger charge is 2.29. The van der Waals surface area contributed by atoms with Crippen LogP contribution in [0.4, 0.5) is 5.69 Å². The second kappa shape index (κ2) is 9.33. The molecule has 0 amide bonds. The maximum Gasteiger partial charge on any atom is 0.312 e. The molecule has 1 aliphatic rings. The molecule has 0 unspecified atom stereocenters. The number of morpholine rings is 1. The number of benzene rings is 2. The van der Waals surface area contributed by atoms with E-state index in [4.69, 9.17) is 9.47 Å². The van der Waals surface area contributed by atoms with E-state index in [0.29, 0.717) is 5.56 Å². The van der Waals surface area contributed by atoms with Gasteiger partial charge >= 0.3 is 5.69 Å². The van der Waals surface area contributed by atoms with Crippen molar-refractivity contribution >= 4 is 21.5 Å². The zero-order valence-electron chi connectivity index (χ0n) is 16.4. The first-order valence-electron chi connectivity index (χ1n) is 9.44. The molecule has 2 aromatic carbocycles. The van der Waals surface area contributed by atoms with Crippen molar-refractivity contribution in [2.24, 2.45) is 0 Å². The van der Waals surface area contributed by atoms with Crippen molar-refractivity contribution in [2.45, 2.75) is 18.2 Å². The van der Waals surface area contributed by atoms with E-state index in [1.54, 1.807) is 12.1 Å². The van der Waals surface area contributed by atoms with Gasteiger partial charge in [-0.3, -0.25) is 14.9 Å². The molecular formula is C20H22N2O7S. The molecule has 0 aliphatic carbocycles. The number of carbonyl (C=O) groups excluding carboxylic acids is 1. The minimum atomic E-state index is -3.89. The zero-order chi connectivity index (χ0) is 21.7. The van der Waals surface area contributed by atoms with Crippen LogP contribution in [-0.2, 0) is 21.2 Å². The summed E-state index contributed by atoms with van der Waals surface area (Å²) in [6.45, 7) is 2.50. The number of hydrogen-bond acceptors (Lipinski definition) is 7. The minimum Gasteiger partial charge on any atom is -0.478 e. The van der Waals surface area contributed by atoms with Crippen LogP contribution >= 0.6 is 0 Å². The van der Waals surface area contributed by atoms with Crippen LogP contribution in [0, 0.1) is 10.1 Å².